The fourth-order valence-electron chi connectivity index (χ4n) is 1.41. The van der Waals surface area contributed by atoms with Gasteiger partial charge >= 0.3 is 0 Å². The van der Waals surface area contributed by atoms with E-state index in [4.69, 9.17) is 4.74 Å². The molecule has 0 spiro atoms. The van der Waals surface area contributed by atoms with Crippen LogP contribution in [0.15, 0.2) is 28.1 Å². The van der Waals surface area contributed by atoms with Crippen molar-refractivity contribution in [1.29, 1.82) is 0 Å². The summed E-state index contributed by atoms with van der Waals surface area (Å²) < 4.78 is 6.02. The van der Waals surface area contributed by atoms with Gasteiger partial charge in [0.15, 0.2) is 0 Å². The van der Waals surface area contributed by atoms with E-state index in [0.717, 1.165) is 10.2 Å². The maximum atomic E-state index is 12.0. The van der Waals surface area contributed by atoms with Crippen LogP contribution >= 0.6 is 27.3 Å². The minimum atomic E-state index is -0.212. The number of ether oxygens (including phenoxy) is 1. The molecule has 4 nitrogen and oxygen atoms in total. The van der Waals surface area contributed by atoms with E-state index < -0.39 is 0 Å². The Bertz CT molecular complexity index is 583. The van der Waals surface area contributed by atoms with E-state index >= 15 is 0 Å². The summed E-state index contributed by atoms with van der Waals surface area (Å²) in [6.07, 6.45) is 0. The monoisotopic (exact) mass is 326 g/mol. The molecular formula is C12H11BrN2O2S. The Kier molecular flexibility index (Phi) is 3.98. The van der Waals surface area contributed by atoms with Crippen LogP contribution in [0.1, 0.15) is 15.4 Å². The van der Waals surface area contributed by atoms with Crippen LogP contribution in [0, 0.1) is 6.92 Å². The number of aryl methyl sites for hydroxylation is 1. The summed E-state index contributed by atoms with van der Waals surface area (Å²) in [6.45, 7) is 1.87. The number of carbonyl (C=O) groups is 1. The molecule has 0 fully saturated rings. The van der Waals surface area contributed by atoms with Gasteiger partial charge in [0.2, 0.25) is 0 Å². The molecule has 1 N–H and O–H groups in total. The van der Waals surface area contributed by atoms with Gasteiger partial charge in [-0.1, -0.05) is 0 Å². The maximum Gasteiger partial charge on any atom is 0.270 e. The van der Waals surface area contributed by atoms with Crippen LogP contribution in [0.5, 0.6) is 5.75 Å². The molecule has 0 bridgehead atoms. The molecule has 2 aromatic heterocycles. The van der Waals surface area contributed by atoms with Gasteiger partial charge in [0.25, 0.3) is 5.91 Å². The van der Waals surface area contributed by atoms with Crippen molar-refractivity contribution < 1.29 is 9.53 Å². The van der Waals surface area contributed by atoms with E-state index in [1.807, 2.05) is 18.4 Å². The number of carbonyl (C=O) groups excluding carboxylic acids is 1. The zero-order valence-electron chi connectivity index (χ0n) is 9.86. The number of nitrogens with zero attached hydrogens (tertiary/aromatic N) is 1. The molecule has 2 aromatic rings. The van der Waals surface area contributed by atoms with Crippen LogP contribution in [0.25, 0.3) is 0 Å². The normalized spacial score (nSPS) is 10.2. The van der Waals surface area contributed by atoms with Crippen LogP contribution < -0.4 is 10.1 Å². The number of hydrogen-bond acceptors (Lipinski definition) is 4. The quantitative estimate of drug-likeness (QED) is 0.939. The molecule has 0 atom stereocenters. The van der Waals surface area contributed by atoms with Gasteiger partial charge in [-0.25, -0.2) is 4.98 Å². The SMILES string of the molecule is COc1ccsc1C(=O)Nc1ccc(Br)c(C)n1. The number of methoxy groups -OCH3 is 1. The van der Waals surface area contributed by atoms with E-state index in [1.165, 1.54) is 11.3 Å². The van der Waals surface area contributed by atoms with Crippen molar-refractivity contribution in [2.24, 2.45) is 0 Å². The molecule has 1 amide bonds. The second kappa shape index (κ2) is 5.49. The van der Waals surface area contributed by atoms with E-state index in [-0.39, 0.29) is 5.91 Å². The summed E-state index contributed by atoms with van der Waals surface area (Å²) in [5.41, 5.74) is 0.825. The second-order valence-corrected chi connectivity index (χ2v) is 5.31. The highest BCUT2D eigenvalue weighted by molar-refractivity contribution is 9.10. The first-order valence-electron chi connectivity index (χ1n) is 5.18. The fourth-order valence-corrected chi connectivity index (χ4v) is 2.38. The predicted octanol–water partition coefficient (Wildman–Crippen LogP) is 3.47. The Morgan fingerprint density at radius 2 is 2.22 bits per heavy atom. The number of hydrogen-bond donors (Lipinski definition) is 1. The van der Waals surface area contributed by atoms with Gasteiger partial charge in [0, 0.05) is 4.47 Å². The summed E-state index contributed by atoms with van der Waals surface area (Å²) in [7, 11) is 1.54. The molecule has 0 aliphatic rings. The third-order valence-corrected chi connectivity index (χ3v) is 4.05. The van der Waals surface area contributed by atoms with Gasteiger partial charge in [0.1, 0.15) is 16.4 Å². The van der Waals surface area contributed by atoms with Gasteiger partial charge in [-0.05, 0) is 46.4 Å². The number of nitrogens with one attached hydrogen (secondary N) is 1. The van der Waals surface area contributed by atoms with Crippen LogP contribution in [0.3, 0.4) is 0 Å². The molecule has 0 aromatic carbocycles. The number of pyridine rings is 1. The molecule has 18 heavy (non-hydrogen) atoms. The average Bonchev–Trinajstić information content (AvgIpc) is 2.82. The largest absolute Gasteiger partial charge is 0.495 e. The number of thiophene rings is 1. The molecule has 2 heterocycles. The summed E-state index contributed by atoms with van der Waals surface area (Å²) in [5.74, 6) is 0.888. The molecule has 0 aliphatic heterocycles. The highest BCUT2D eigenvalue weighted by atomic mass is 79.9. The lowest BCUT2D eigenvalue weighted by molar-refractivity contribution is 0.102. The van der Waals surface area contributed by atoms with E-state index in [1.54, 1.807) is 19.2 Å². The van der Waals surface area contributed by atoms with Gasteiger partial charge in [0.05, 0.1) is 12.8 Å². The standard InChI is InChI=1S/C12H11BrN2O2S/c1-7-8(13)3-4-10(14-7)15-12(16)11-9(17-2)5-6-18-11/h3-6H,1-2H3,(H,14,15,16). The van der Waals surface area contributed by atoms with Crippen molar-refractivity contribution in [2.45, 2.75) is 6.92 Å². The number of halogens is 1. The lowest BCUT2D eigenvalue weighted by Crippen LogP contribution is -2.12. The van der Waals surface area contributed by atoms with Crippen LogP contribution in [0.2, 0.25) is 0 Å². The van der Waals surface area contributed by atoms with Gasteiger partial charge in [-0.2, -0.15) is 0 Å². The van der Waals surface area contributed by atoms with Crippen molar-refractivity contribution in [1.82, 2.24) is 4.98 Å². The minimum Gasteiger partial charge on any atom is -0.495 e. The highest BCUT2D eigenvalue weighted by Gasteiger charge is 2.14. The third kappa shape index (κ3) is 2.70. The molecule has 0 unspecified atom stereocenters. The predicted molar refractivity (Wildman–Crippen MR) is 75.5 cm³/mol. The molecule has 94 valence electrons. The Morgan fingerprint density at radius 1 is 1.44 bits per heavy atom. The van der Waals surface area contributed by atoms with Crippen LogP contribution in [-0.2, 0) is 0 Å². The number of anilines is 1. The van der Waals surface area contributed by atoms with E-state index in [9.17, 15) is 4.79 Å². The number of amides is 1. The molecule has 0 saturated carbocycles. The lowest BCUT2D eigenvalue weighted by atomic mass is 10.3. The lowest BCUT2D eigenvalue weighted by Gasteiger charge is -2.06. The smallest absolute Gasteiger partial charge is 0.270 e. The van der Waals surface area contributed by atoms with E-state index in [0.29, 0.717) is 16.4 Å². The first kappa shape index (κ1) is 13.0. The molecule has 2 rings (SSSR count). The minimum absolute atomic E-state index is 0.212. The van der Waals surface area contributed by atoms with Crippen molar-refractivity contribution >= 4 is 39.0 Å². The molecular weight excluding hydrogens is 316 g/mol. The molecule has 0 aliphatic carbocycles. The van der Waals surface area contributed by atoms with Crippen molar-refractivity contribution in [2.75, 3.05) is 12.4 Å². The van der Waals surface area contributed by atoms with Gasteiger partial charge < -0.3 is 10.1 Å². The second-order valence-electron chi connectivity index (χ2n) is 3.54. The topological polar surface area (TPSA) is 51.2 Å². The first-order valence-corrected chi connectivity index (χ1v) is 6.85. The Balaban J connectivity index is 2.19. The Morgan fingerprint density at radius 3 is 2.89 bits per heavy atom. The van der Waals surface area contributed by atoms with Crippen molar-refractivity contribution in [3.05, 3.63) is 38.6 Å². The average molecular weight is 327 g/mol. The summed E-state index contributed by atoms with van der Waals surface area (Å²) in [5, 5.41) is 4.56. The zero-order chi connectivity index (χ0) is 13.1. The molecule has 0 radical (unpaired) electrons. The van der Waals surface area contributed by atoms with Gasteiger partial charge in [-0.15, -0.1) is 11.3 Å². The maximum absolute atomic E-state index is 12.0. The number of aromatic nitrogens is 1. The van der Waals surface area contributed by atoms with Crippen molar-refractivity contribution in [3.8, 4) is 5.75 Å². The molecule has 6 heteroatoms. The first-order chi connectivity index (χ1) is 8.61. The van der Waals surface area contributed by atoms with Gasteiger partial charge in [-0.3, -0.25) is 4.79 Å². The fraction of sp³-hybridized carbons (Fsp3) is 0.167. The zero-order valence-corrected chi connectivity index (χ0v) is 12.3. The summed E-state index contributed by atoms with van der Waals surface area (Å²) >= 11 is 4.70. The Labute approximate surface area is 117 Å². The van der Waals surface area contributed by atoms with E-state index in [2.05, 4.69) is 26.2 Å². The summed E-state index contributed by atoms with van der Waals surface area (Å²) in [4.78, 5) is 16.8. The van der Waals surface area contributed by atoms with Crippen molar-refractivity contribution in [3.63, 3.8) is 0 Å². The Hall–Kier alpha value is -1.40. The summed E-state index contributed by atoms with van der Waals surface area (Å²) in [6, 6.07) is 5.36. The number of rotatable bonds is 3. The third-order valence-electron chi connectivity index (χ3n) is 2.32. The van der Waals surface area contributed by atoms with Crippen LogP contribution in [0.4, 0.5) is 5.82 Å². The van der Waals surface area contributed by atoms with Crippen LogP contribution in [-0.4, -0.2) is 18.0 Å². The molecule has 0 saturated heterocycles. The highest BCUT2D eigenvalue weighted by Crippen LogP contribution is 2.25.